The molecule has 2 aromatic heterocycles. The van der Waals surface area contributed by atoms with Crippen molar-refractivity contribution >= 4 is 11.4 Å². The van der Waals surface area contributed by atoms with E-state index in [1.807, 2.05) is 0 Å². The van der Waals surface area contributed by atoms with Crippen molar-refractivity contribution in [1.29, 1.82) is 0 Å². The highest BCUT2D eigenvalue weighted by molar-refractivity contribution is 5.73. The van der Waals surface area contributed by atoms with E-state index >= 15 is 0 Å². The van der Waals surface area contributed by atoms with Crippen LogP contribution in [0.2, 0.25) is 0 Å². The molecule has 0 bridgehead atoms. The second-order valence-electron chi connectivity index (χ2n) is 4.84. The van der Waals surface area contributed by atoms with Crippen LogP contribution in [-0.2, 0) is 7.05 Å². The lowest BCUT2D eigenvalue weighted by molar-refractivity contribution is -0.385. The van der Waals surface area contributed by atoms with Gasteiger partial charge in [0, 0.05) is 36.8 Å². The minimum absolute atomic E-state index is 0.105. The van der Waals surface area contributed by atoms with Crippen LogP contribution >= 0.6 is 0 Å². The molecule has 0 saturated heterocycles. The van der Waals surface area contributed by atoms with Gasteiger partial charge in [0.2, 0.25) is 5.75 Å². The Labute approximate surface area is 131 Å². The van der Waals surface area contributed by atoms with E-state index in [4.69, 9.17) is 10.5 Å². The van der Waals surface area contributed by atoms with Gasteiger partial charge in [-0.05, 0) is 24.3 Å². The Morgan fingerprint density at radius 1 is 1.26 bits per heavy atom. The molecule has 8 nitrogen and oxygen atoms in total. The standard InChI is InChI=1S/C15H13N5O3/c1-19-9-10(8-18-19)14-15(20(21)22)13(6-7-17-14)23-12-4-2-11(16)3-5-12/h2-9H,16H2,1H3. The molecular formula is C15H13N5O3. The fourth-order valence-corrected chi connectivity index (χ4v) is 2.11. The highest BCUT2D eigenvalue weighted by Crippen LogP contribution is 2.38. The smallest absolute Gasteiger partial charge is 0.337 e. The van der Waals surface area contributed by atoms with E-state index in [1.165, 1.54) is 18.5 Å². The maximum absolute atomic E-state index is 11.5. The van der Waals surface area contributed by atoms with Gasteiger partial charge in [-0.15, -0.1) is 0 Å². The lowest BCUT2D eigenvalue weighted by atomic mass is 10.2. The highest BCUT2D eigenvalue weighted by atomic mass is 16.6. The van der Waals surface area contributed by atoms with Gasteiger partial charge < -0.3 is 10.5 Å². The van der Waals surface area contributed by atoms with E-state index in [2.05, 4.69) is 10.1 Å². The van der Waals surface area contributed by atoms with Crippen LogP contribution in [0.25, 0.3) is 11.3 Å². The van der Waals surface area contributed by atoms with Crippen molar-refractivity contribution in [1.82, 2.24) is 14.8 Å². The van der Waals surface area contributed by atoms with Gasteiger partial charge in [-0.25, -0.2) is 4.98 Å². The predicted molar refractivity (Wildman–Crippen MR) is 84.0 cm³/mol. The lowest BCUT2D eigenvalue weighted by Crippen LogP contribution is -1.98. The molecule has 0 atom stereocenters. The number of nitro groups is 1. The third kappa shape index (κ3) is 2.95. The van der Waals surface area contributed by atoms with Gasteiger partial charge in [0.1, 0.15) is 5.75 Å². The fourth-order valence-electron chi connectivity index (χ4n) is 2.11. The number of nitrogens with zero attached hydrogens (tertiary/aromatic N) is 4. The molecule has 0 unspecified atom stereocenters. The molecule has 0 aliphatic carbocycles. The SMILES string of the molecule is Cn1cc(-c2nccc(Oc3ccc(N)cc3)c2[N+](=O)[O-])cn1. The summed E-state index contributed by atoms with van der Waals surface area (Å²) >= 11 is 0. The Morgan fingerprint density at radius 2 is 2.00 bits per heavy atom. The summed E-state index contributed by atoms with van der Waals surface area (Å²) in [6.45, 7) is 0. The highest BCUT2D eigenvalue weighted by Gasteiger charge is 2.25. The third-order valence-electron chi connectivity index (χ3n) is 3.16. The van der Waals surface area contributed by atoms with E-state index < -0.39 is 4.92 Å². The predicted octanol–water partition coefficient (Wildman–Crippen LogP) is 2.76. The molecule has 0 saturated carbocycles. The van der Waals surface area contributed by atoms with Crippen molar-refractivity contribution in [2.45, 2.75) is 0 Å². The first-order valence-electron chi connectivity index (χ1n) is 6.70. The van der Waals surface area contributed by atoms with E-state index in [9.17, 15) is 10.1 Å². The lowest BCUT2D eigenvalue weighted by Gasteiger charge is -2.08. The van der Waals surface area contributed by atoms with Crippen LogP contribution in [0.4, 0.5) is 11.4 Å². The van der Waals surface area contributed by atoms with E-state index in [-0.39, 0.29) is 17.1 Å². The Morgan fingerprint density at radius 3 is 2.61 bits per heavy atom. The number of rotatable bonds is 4. The summed E-state index contributed by atoms with van der Waals surface area (Å²) in [5, 5.41) is 15.5. The summed E-state index contributed by atoms with van der Waals surface area (Å²) in [6, 6.07) is 8.05. The largest absolute Gasteiger partial charge is 0.450 e. The van der Waals surface area contributed by atoms with Crippen LogP contribution in [0.1, 0.15) is 0 Å². The summed E-state index contributed by atoms with van der Waals surface area (Å²) in [6.07, 6.45) is 4.63. The van der Waals surface area contributed by atoms with Crippen LogP contribution in [0.3, 0.4) is 0 Å². The maximum atomic E-state index is 11.5. The molecular weight excluding hydrogens is 298 g/mol. The number of hydrogen-bond acceptors (Lipinski definition) is 6. The Kier molecular flexibility index (Phi) is 3.63. The van der Waals surface area contributed by atoms with E-state index in [0.29, 0.717) is 17.0 Å². The Hall–Kier alpha value is -3.42. The van der Waals surface area contributed by atoms with Crippen molar-refractivity contribution in [3.05, 3.63) is 59.0 Å². The summed E-state index contributed by atoms with van der Waals surface area (Å²) < 4.78 is 7.18. The molecule has 116 valence electrons. The second-order valence-corrected chi connectivity index (χ2v) is 4.84. The average molecular weight is 311 g/mol. The molecule has 1 aromatic carbocycles. The maximum Gasteiger partial charge on any atom is 0.337 e. The monoisotopic (exact) mass is 311 g/mol. The number of aromatic nitrogens is 3. The molecule has 2 N–H and O–H groups in total. The van der Waals surface area contributed by atoms with Crippen LogP contribution in [0.5, 0.6) is 11.5 Å². The molecule has 0 amide bonds. The molecule has 0 fully saturated rings. The number of nitrogen functional groups attached to an aromatic ring is 1. The molecule has 3 rings (SSSR count). The summed E-state index contributed by atoms with van der Waals surface area (Å²) in [5.41, 5.74) is 6.74. The number of nitrogens with two attached hydrogens (primary N) is 1. The van der Waals surface area contributed by atoms with Gasteiger partial charge in [-0.1, -0.05) is 0 Å². The summed E-state index contributed by atoms with van der Waals surface area (Å²) in [5.74, 6) is 0.555. The minimum atomic E-state index is -0.512. The third-order valence-corrected chi connectivity index (χ3v) is 3.16. The first-order valence-corrected chi connectivity index (χ1v) is 6.70. The summed E-state index contributed by atoms with van der Waals surface area (Å²) in [4.78, 5) is 15.1. The minimum Gasteiger partial charge on any atom is -0.450 e. The first kappa shape index (κ1) is 14.5. The van der Waals surface area contributed by atoms with Crippen LogP contribution < -0.4 is 10.5 Å². The zero-order chi connectivity index (χ0) is 16.4. The molecule has 3 aromatic rings. The van der Waals surface area contributed by atoms with Crippen molar-refractivity contribution in [3.8, 4) is 22.8 Å². The molecule has 0 radical (unpaired) electrons. The first-order chi connectivity index (χ1) is 11.0. The van der Waals surface area contributed by atoms with E-state index in [0.717, 1.165) is 0 Å². The number of ether oxygens (including phenoxy) is 1. The Balaban J connectivity index is 2.06. The molecule has 0 aliphatic heterocycles. The topological polar surface area (TPSA) is 109 Å². The number of anilines is 1. The average Bonchev–Trinajstić information content (AvgIpc) is 2.95. The second kappa shape index (κ2) is 5.76. The molecule has 0 aliphatic rings. The quantitative estimate of drug-likeness (QED) is 0.451. The zero-order valence-corrected chi connectivity index (χ0v) is 12.2. The normalized spacial score (nSPS) is 10.5. The van der Waals surface area contributed by atoms with Crippen molar-refractivity contribution < 1.29 is 9.66 Å². The van der Waals surface area contributed by atoms with Crippen LogP contribution in [-0.4, -0.2) is 19.7 Å². The van der Waals surface area contributed by atoms with Gasteiger partial charge in [0.05, 0.1) is 11.1 Å². The van der Waals surface area contributed by atoms with Crippen molar-refractivity contribution in [3.63, 3.8) is 0 Å². The van der Waals surface area contributed by atoms with Crippen molar-refractivity contribution in [2.24, 2.45) is 7.05 Å². The van der Waals surface area contributed by atoms with Gasteiger partial charge in [0.25, 0.3) is 0 Å². The molecule has 0 spiro atoms. The number of benzene rings is 1. The molecule has 8 heteroatoms. The van der Waals surface area contributed by atoms with E-state index in [1.54, 1.807) is 42.2 Å². The van der Waals surface area contributed by atoms with Crippen molar-refractivity contribution in [2.75, 3.05) is 5.73 Å². The summed E-state index contributed by atoms with van der Waals surface area (Å²) in [7, 11) is 1.73. The van der Waals surface area contributed by atoms with Gasteiger partial charge in [0.15, 0.2) is 5.69 Å². The number of hydrogen-bond donors (Lipinski definition) is 1. The Bertz CT molecular complexity index is 858. The van der Waals surface area contributed by atoms with Crippen LogP contribution in [0, 0.1) is 10.1 Å². The number of aryl methyl sites for hydroxylation is 1. The van der Waals surface area contributed by atoms with Gasteiger partial charge >= 0.3 is 5.69 Å². The van der Waals surface area contributed by atoms with Gasteiger partial charge in [-0.2, -0.15) is 5.10 Å². The number of pyridine rings is 1. The zero-order valence-electron chi connectivity index (χ0n) is 12.2. The fraction of sp³-hybridized carbons (Fsp3) is 0.0667. The van der Waals surface area contributed by atoms with Gasteiger partial charge in [-0.3, -0.25) is 14.8 Å². The molecule has 23 heavy (non-hydrogen) atoms. The van der Waals surface area contributed by atoms with Crippen LogP contribution in [0.15, 0.2) is 48.9 Å². The molecule has 2 heterocycles.